The summed E-state index contributed by atoms with van der Waals surface area (Å²) in [7, 11) is 0. The Morgan fingerprint density at radius 3 is 2.20 bits per heavy atom. The molecule has 11 aromatic rings. The maximum Gasteiger partial charge on any atom is 0.137 e. The molecule has 254 valence electrons. The molecule has 0 bridgehead atoms. The van der Waals surface area contributed by atoms with Crippen molar-refractivity contribution < 1.29 is 4.42 Å². The molecule has 4 heterocycles. The number of hydrogen-bond acceptors (Lipinski definition) is 3. The zero-order valence-electron chi connectivity index (χ0n) is 29.2. The van der Waals surface area contributed by atoms with Crippen LogP contribution in [0.4, 0.5) is 11.4 Å². The second kappa shape index (κ2) is 11.4. The fourth-order valence-corrected chi connectivity index (χ4v) is 10.4. The Bertz CT molecular complexity index is 3260. The third-order valence-corrected chi connectivity index (χ3v) is 12.7. The molecule has 0 amide bonds. The second-order valence-electron chi connectivity index (χ2n) is 14.4. The van der Waals surface area contributed by atoms with E-state index >= 15 is 0 Å². The van der Waals surface area contributed by atoms with E-state index in [4.69, 9.17) is 4.42 Å². The molecule has 0 saturated heterocycles. The van der Waals surface area contributed by atoms with Crippen LogP contribution < -0.4 is 4.90 Å². The quantitative estimate of drug-likeness (QED) is 0.181. The number of rotatable bonds is 4. The SMILES string of the molecule is c1ccc(N2c3ccccc3CC2c2ccc(-c3cccc4oc5cc(-n6c7ccccc7c7c8sc9ccccc9c8ccc76)ccc5c34)cc2)cc1. The molecule has 3 aromatic heterocycles. The van der Waals surface area contributed by atoms with Crippen molar-refractivity contribution in [3.8, 4) is 16.8 Å². The molecule has 1 aliphatic rings. The number of fused-ring (bicyclic) bond motifs is 11. The fourth-order valence-electron chi connectivity index (χ4n) is 9.15. The van der Waals surface area contributed by atoms with Crippen molar-refractivity contribution in [3.63, 3.8) is 0 Å². The summed E-state index contributed by atoms with van der Waals surface area (Å²) in [6, 6.07) is 64.3. The molecule has 0 spiro atoms. The van der Waals surface area contributed by atoms with Gasteiger partial charge in [-0.1, -0.05) is 115 Å². The summed E-state index contributed by atoms with van der Waals surface area (Å²) in [5.41, 5.74) is 12.9. The number of furan rings is 1. The van der Waals surface area contributed by atoms with Crippen molar-refractivity contribution in [3.05, 3.63) is 187 Å². The van der Waals surface area contributed by atoms with E-state index in [1.54, 1.807) is 0 Å². The van der Waals surface area contributed by atoms with Gasteiger partial charge in [0.25, 0.3) is 0 Å². The fraction of sp³-hybridized carbons (Fsp3) is 0.0400. The Morgan fingerprint density at radius 1 is 0.519 bits per heavy atom. The van der Waals surface area contributed by atoms with E-state index in [-0.39, 0.29) is 6.04 Å². The average molecular weight is 709 g/mol. The molecule has 1 unspecified atom stereocenters. The highest BCUT2D eigenvalue weighted by Crippen LogP contribution is 2.47. The van der Waals surface area contributed by atoms with Crippen LogP contribution in [0.2, 0.25) is 0 Å². The predicted octanol–water partition coefficient (Wildman–Crippen LogP) is 14.2. The van der Waals surface area contributed by atoms with Crippen molar-refractivity contribution in [2.75, 3.05) is 4.90 Å². The van der Waals surface area contributed by atoms with Gasteiger partial charge in [0, 0.05) is 64.8 Å². The second-order valence-corrected chi connectivity index (χ2v) is 15.5. The minimum Gasteiger partial charge on any atom is -0.456 e. The Labute approximate surface area is 315 Å². The van der Waals surface area contributed by atoms with Gasteiger partial charge >= 0.3 is 0 Å². The smallest absolute Gasteiger partial charge is 0.137 e. The molecule has 0 radical (unpaired) electrons. The van der Waals surface area contributed by atoms with Crippen molar-refractivity contribution in [1.29, 1.82) is 0 Å². The van der Waals surface area contributed by atoms with E-state index in [0.29, 0.717) is 0 Å². The van der Waals surface area contributed by atoms with Gasteiger partial charge in [-0.25, -0.2) is 0 Å². The number of thiophene rings is 1. The van der Waals surface area contributed by atoms with Gasteiger partial charge in [-0.3, -0.25) is 0 Å². The zero-order chi connectivity index (χ0) is 35.3. The minimum atomic E-state index is 0.235. The summed E-state index contributed by atoms with van der Waals surface area (Å²) in [4.78, 5) is 2.49. The monoisotopic (exact) mass is 708 g/mol. The summed E-state index contributed by atoms with van der Waals surface area (Å²) in [5, 5.41) is 7.51. The molecule has 1 aliphatic heterocycles. The van der Waals surface area contributed by atoms with Crippen LogP contribution in [0.25, 0.3) is 80.7 Å². The number of aromatic nitrogens is 1. The molecule has 54 heavy (non-hydrogen) atoms. The molecule has 3 nitrogen and oxygen atoms in total. The average Bonchev–Trinajstić information content (AvgIpc) is 3.99. The van der Waals surface area contributed by atoms with Gasteiger partial charge < -0.3 is 13.9 Å². The van der Waals surface area contributed by atoms with Crippen LogP contribution in [0, 0.1) is 0 Å². The highest BCUT2D eigenvalue weighted by molar-refractivity contribution is 7.26. The Balaban J connectivity index is 0.966. The Kier molecular flexibility index (Phi) is 6.33. The third kappa shape index (κ3) is 4.29. The van der Waals surface area contributed by atoms with Gasteiger partial charge in [0.2, 0.25) is 0 Å². The summed E-state index contributed by atoms with van der Waals surface area (Å²) in [6.45, 7) is 0. The van der Waals surface area contributed by atoms with Gasteiger partial charge in [0.05, 0.1) is 17.1 Å². The first-order valence-electron chi connectivity index (χ1n) is 18.6. The van der Waals surface area contributed by atoms with Crippen LogP contribution in [0.15, 0.2) is 180 Å². The van der Waals surface area contributed by atoms with Crippen LogP contribution in [0.3, 0.4) is 0 Å². The van der Waals surface area contributed by atoms with Gasteiger partial charge in [0.15, 0.2) is 0 Å². The summed E-state index contributed by atoms with van der Waals surface area (Å²) in [6.07, 6.45) is 0.982. The molecular weight excluding hydrogens is 677 g/mol. The number of hydrogen-bond donors (Lipinski definition) is 0. The normalized spacial score (nSPS) is 14.4. The van der Waals surface area contributed by atoms with Gasteiger partial charge in [-0.2, -0.15) is 0 Å². The first kappa shape index (κ1) is 29.9. The van der Waals surface area contributed by atoms with Crippen LogP contribution >= 0.6 is 11.3 Å². The van der Waals surface area contributed by atoms with Gasteiger partial charge in [-0.05, 0) is 83.3 Å². The molecule has 0 aliphatic carbocycles. The van der Waals surface area contributed by atoms with Crippen LogP contribution in [0.1, 0.15) is 17.2 Å². The highest BCUT2D eigenvalue weighted by Gasteiger charge is 2.31. The zero-order valence-corrected chi connectivity index (χ0v) is 30.1. The van der Waals surface area contributed by atoms with Crippen molar-refractivity contribution in [1.82, 2.24) is 4.57 Å². The van der Waals surface area contributed by atoms with Crippen molar-refractivity contribution in [2.24, 2.45) is 0 Å². The topological polar surface area (TPSA) is 21.3 Å². The molecule has 12 rings (SSSR count). The Morgan fingerprint density at radius 2 is 1.30 bits per heavy atom. The highest BCUT2D eigenvalue weighted by atomic mass is 32.1. The van der Waals surface area contributed by atoms with E-state index < -0.39 is 0 Å². The van der Waals surface area contributed by atoms with E-state index in [2.05, 4.69) is 185 Å². The molecule has 0 N–H and O–H groups in total. The first-order valence-corrected chi connectivity index (χ1v) is 19.4. The minimum absolute atomic E-state index is 0.235. The number of anilines is 2. The lowest BCUT2D eigenvalue weighted by Gasteiger charge is -2.28. The van der Waals surface area contributed by atoms with Crippen LogP contribution in [-0.2, 0) is 6.42 Å². The van der Waals surface area contributed by atoms with Crippen molar-refractivity contribution in [2.45, 2.75) is 12.5 Å². The number of benzene rings is 8. The lowest BCUT2D eigenvalue weighted by atomic mass is 9.96. The Hall–Kier alpha value is -6.62. The maximum absolute atomic E-state index is 6.67. The van der Waals surface area contributed by atoms with E-state index in [9.17, 15) is 0 Å². The molecule has 0 saturated carbocycles. The molecule has 8 aromatic carbocycles. The number of para-hydroxylation sites is 3. The molecular formula is C50H32N2OS. The summed E-state index contributed by atoms with van der Waals surface area (Å²) >= 11 is 1.89. The summed E-state index contributed by atoms with van der Waals surface area (Å²) in [5.74, 6) is 0. The van der Waals surface area contributed by atoms with E-state index in [1.165, 1.54) is 75.6 Å². The molecule has 0 fully saturated rings. The standard InChI is InChI=1S/C50H32N2OS/c1-2-12-34(13-3-1)51-41-17-7-4-11-33(41)29-44(51)32-23-21-31(22-24-32)36-16-10-19-45-48(36)40-26-25-35(30-46(40)53-45)52-42-18-8-5-15-39(42)49-43(52)28-27-38-37-14-6-9-20-47(37)54-50(38)49/h1-28,30,44H,29H2. The van der Waals surface area contributed by atoms with Crippen molar-refractivity contribution >= 4 is 86.6 Å². The lowest BCUT2D eigenvalue weighted by Crippen LogP contribution is -2.19. The van der Waals surface area contributed by atoms with E-state index in [0.717, 1.165) is 34.0 Å². The van der Waals surface area contributed by atoms with E-state index in [1.807, 2.05) is 11.3 Å². The third-order valence-electron chi connectivity index (χ3n) is 11.5. The molecule has 1 atom stereocenters. The van der Waals surface area contributed by atoms with Crippen LogP contribution in [0.5, 0.6) is 0 Å². The number of nitrogens with zero attached hydrogens (tertiary/aromatic N) is 2. The van der Waals surface area contributed by atoms with Crippen LogP contribution in [-0.4, -0.2) is 4.57 Å². The van der Waals surface area contributed by atoms with Gasteiger partial charge in [-0.15, -0.1) is 11.3 Å². The largest absolute Gasteiger partial charge is 0.456 e. The predicted molar refractivity (Wildman–Crippen MR) is 228 cm³/mol. The first-order chi connectivity index (χ1) is 26.8. The lowest BCUT2D eigenvalue weighted by molar-refractivity contribution is 0.668. The van der Waals surface area contributed by atoms with Gasteiger partial charge in [0.1, 0.15) is 11.2 Å². The maximum atomic E-state index is 6.67. The molecule has 4 heteroatoms. The summed E-state index contributed by atoms with van der Waals surface area (Å²) < 4.78 is 11.7.